The van der Waals surface area contributed by atoms with E-state index in [2.05, 4.69) is 39.0 Å². The summed E-state index contributed by atoms with van der Waals surface area (Å²) in [5.41, 5.74) is 1.35. The molecule has 0 N–H and O–H groups in total. The van der Waals surface area contributed by atoms with Gasteiger partial charge in [0.1, 0.15) is 5.75 Å². The molecule has 1 heterocycles. The molecule has 2 nitrogen and oxygen atoms in total. The first-order valence-electron chi connectivity index (χ1n) is 6.76. The fourth-order valence-electron chi connectivity index (χ4n) is 2.63. The first-order valence-corrected chi connectivity index (χ1v) is 7.88. The number of benzene rings is 1. The Morgan fingerprint density at radius 1 is 1.33 bits per heavy atom. The van der Waals surface area contributed by atoms with Crippen LogP contribution in [0.4, 0.5) is 0 Å². The molecule has 1 aromatic carbocycles. The molecule has 2 rings (SSSR count). The number of methoxy groups -OCH3 is 1. The fraction of sp³-hybridized carbons (Fsp3) is 0.600. The van der Waals surface area contributed by atoms with Crippen LogP contribution in [-0.4, -0.2) is 29.9 Å². The van der Waals surface area contributed by atoms with Crippen LogP contribution in [0.2, 0.25) is 0 Å². The molecule has 1 aliphatic rings. The summed E-state index contributed by atoms with van der Waals surface area (Å²) in [7, 11) is 1.73. The summed E-state index contributed by atoms with van der Waals surface area (Å²) in [4.78, 5) is 2.61. The highest BCUT2D eigenvalue weighted by molar-refractivity contribution is 9.09. The third-order valence-electron chi connectivity index (χ3n) is 3.70. The van der Waals surface area contributed by atoms with Crippen LogP contribution in [0.5, 0.6) is 5.75 Å². The molecule has 1 aromatic rings. The minimum absolute atomic E-state index is 0.679. The van der Waals surface area contributed by atoms with Gasteiger partial charge in [0.25, 0.3) is 0 Å². The first-order chi connectivity index (χ1) is 8.83. The molecule has 0 bridgehead atoms. The van der Waals surface area contributed by atoms with Crippen molar-refractivity contribution in [1.82, 2.24) is 4.90 Å². The van der Waals surface area contributed by atoms with Crippen LogP contribution in [0.3, 0.4) is 0 Å². The molecule has 1 saturated heterocycles. The number of hydrogen-bond acceptors (Lipinski definition) is 2. The molecule has 1 aliphatic heterocycles. The van der Waals surface area contributed by atoms with E-state index >= 15 is 0 Å². The minimum atomic E-state index is 0.679. The van der Waals surface area contributed by atoms with Gasteiger partial charge in [0.2, 0.25) is 0 Å². The smallest absolute Gasteiger partial charge is 0.119 e. The summed E-state index contributed by atoms with van der Waals surface area (Å²) in [6.45, 7) is 2.25. The highest BCUT2D eigenvalue weighted by Crippen LogP contribution is 2.22. The normalized spacial score (nSPS) is 21.6. The molecule has 0 radical (unpaired) electrons. The predicted octanol–water partition coefficient (Wildman–Crippen LogP) is 3.83. The Balaban J connectivity index is 2.05. The summed E-state index contributed by atoms with van der Waals surface area (Å²) in [6.07, 6.45) is 5.38. The number of alkyl halides is 1. The summed E-state index contributed by atoms with van der Waals surface area (Å²) in [5.74, 6) is 0.956. The van der Waals surface area contributed by atoms with Crippen LogP contribution < -0.4 is 4.74 Å². The third kappa shape index (κ3) is 3.72. The maximum atomic E-state index is 5.29. The maximum Gasteiger partial charge on any atom is 0.119 e. The number of hydrogen-bond donors (Lipinski definition) is 0. The monoisotopic (exact) mass is 311 g/mol. The summed E-state index contributed by atoms with van der Waals surface area (Å²) < 4.78 is 5.29. The van der Waals surface area contributed by atoms with E-state index in [0.29, 0.717) is 6.04 Å². The molecule has 1 unspecified atom stereocenters. The highest BCUT2D eigenvalue weighted by Gasteiger charge is 2.19. The van der Waals surface area contributed by atoms with Crippen LogP contribution in [0.25, 0.3) is 0 Å². The second kappa shape index (κ2) is 7.15. The van der Waals surface area contributed by atoms with E-state index < -0.39 is 0 Å². The Morgan fingerprint density at radius 2 is 2.22 bits per heavy atom. The largest absolute Gasteiger partial charge is 0.497 e. The molecule has 1 fully saturated rings. The van der Waals surface area contributed by atoms with Crippen molar-refractivity contribution < 1.29 is 4.74 Å². The van der Waals surface area contributed by atoms with Crippen LogP contribution in [0.1, 0.15) is 31.2 Å². The van der Waals surface area contributed by atoms with E-state index in [0.717, 1.165) is 17.6 Å². The topological polar surface area (TPSA) is 12.5 Å². The van der Waals surface area contributed by atoms with E-state index in [1.165, 1.54) is 37.8 Å². The Kier molecular flexibility index (Phi) is 5.51. The first kappa shape index (κ1) is 13.9. The highest BCUT2D eigenvalue weighted by atomic mass is 79.9. The van der Waals surface area contributed by atoms with Crippen molar-refractivity contribution in [1.29, 1.82) is 0 Å². The lowest BCUT2D eigenvalue weighted by Gasteiger charge is -2.28. The lowest BCUT2D eigenvalue weighted by molar-refractivity contribution is 0.209. The maximum absolute atomic E-state index is 5.29. The molecule has 100 valence electrons. The number of ether oxygens (including phenoxy) is 1. The van der Waals surface area contributed by atoms with E-state index in [-0.39, 0.29) is 0 Å². The Bertz CT molecular complexity index is 369. The van der Waals surface area contributed by atoms with Gasteiger partial charge in [-0.1, -0.05) is 40.9 Å². The van der Waals surface area contributed by atoms with E-state index in [1.807, 2.05) is 6.07 Å². The van der Waals surface area contributed by atoms with Gasteiger partial charge in [-0.3, -0.25) is 4.90 Å². The molecule has 3 heteroatoms. The Hall–Kier alpha value is -0.540. The van der Waals surface area contributed by atoms with Crippen molar-refractivity contribution in [2.45, 2.75) is 38.3 Å². The van der Waals surface area contributed by atoms with Crippen molar-refractivity contribution in [2.24, 2.45) is 0 Å². The zero-order chi connectivity index (χ0) is 12.8. The van der Waals surface area contributed by atoms with Gasteiger partial charge in [-0.2, -0.15) is 0 Å². The number of likely N-dealkylation sites (tertiary alicyclic amines) is 1. The standard InChI is InChI=1S/C15H22BrNO/c1-18-15-8-5-6-13(10-15)12-17-9-4-2-3-7-14(17)11-16/h5-6,8,10,14H,2-4,7,9,11-12H2,1H3. The van der Waals surface area contributed by atoms with E-state index in [9.17, 15) is 0 Å². The predicted molar refractivity (Wildman–Crippen MR) is 79.5 cm³/mol. The molecule has 1 atom stereocenters. The zero-order valence-electron chi connectivity index (χ0n) is 11.1. The van der Waals surface area contributed by atoms with Crippen LogP contribution in [-0.2, 0) is 6.54 Å². The minimum Gasteiger partial charge on any atom is -0.497 e. The molecular weight excluding hydrogens is 290 g/mol. The number of nitrogens with zero attached hydrogens (tertiary/aromatic N) is 1. The zero-order valence-corrected chi connectivity index (χ0v) is 12.7. The van der Waals surface area contributed by atoms with Gasteiger partial charge in [0.15, 0.2) is 0 Å². The van der Waals surface area contributed by atoms with E-state index in [1.54, 1.807) is 7.11 Å². The molecular formula is C15H22BrNO. The summed E-state index contributed by atoms with van der Waals surface area (Å²) in [6, 6.07) is 9.11. The molecule has 0 spiro atoms. The van der Waals surface area contributed by atoms with E-state index in [4.69, 9.17) is 4.74 Å². The number of rotatable bonds is 4. The lowest BCUT2D eigenvalue weighted by Crippen LogP contribution is -2.35. The third-order valence-corrected chi connectivity index (χ3v) is 4.44. The second-order valence-electron chi connectivity index (χ2n) is 4.98. The van der Waals surface area contributed by atoms with Crippen molar-refractivity contribution in [3.63, 3.8) is 0 Å². The van der Waals surface area contributed by atoms with Crippen molar-refractivity contribution >= 4 is 15.9 Å². The Morgan fingerprint density at radius 3 is 3.00 bits per heavy atom. The molecule has 0 aliphatic carbocycles. The number of halogens is 1. The van der Waals surface area contributed by atoms with Gasteiger partial charge in [-0.15, -0.1) is 0 Å². The quantitative estimate of drug-likeness (QED) is 0.783. The van der Waals surface area contributed by atoms with Crippen LogP contribution in [0, 0.1) is 0 Å². The molecule has 0 aromatic heterocycles. The summed E-state index contributed by atoms with van der Waals surface area (Å²) >= 11 is 3.66. The van der Waals surface area contributed by atoms with Gasteiger partial charge >= 0.3 is 0 Å². The van der Waals surface area contributed by atoms with Gasteiger partial charge in [-0.05, 0) is 37.1 Å². The van der Waals surface area contributed by atoms with Crippen molar-refractivity contribution in [3.05, 3.63) is 29.8 Å². The average molecular weight is 312 g/mol. The summed E-state index contributed by atoms with van der Waals surface area (Å²) in [5, 5.41) is 1.08. The SMILES string of the molecule is COc1cccc(CN2CCCCCC2CBr)c1. The average Bonchev–Trinajstić information content (AvgIpc) is 2.64. The molecule has 18 heavy (non-hydrogen) atoms. The van der Waals surface area contributed by atoms with Crippen LogP contribution in [0.15, 0.2) is 24.3 Å². The van der Waals surface area contributed by atoms with Gasteiger partial charge in [-0.25, -0.2) is 0 Å². The van der Waals surface area contributed by atoms with Gasteiger partial charge in [0.05, 0.1) is 7.11 Å². The van der Waals surface area contributed by atoms with Crippen molar-refractivity contribution in [3.8, 4) is 5.75 Å². The molecule has 0 amide bonds. The van der Waals surface area contributed by atoms with Crippen molar-refractivity contribution in [2.75, 3.05) is 19.0 Å². The second-order valence-corrected chi connectivity index (χ2v) is 5.63. The fourth-order valence-corrected chi connectivity index (χ4v) is 3.36. The lowest BCUT2D eigenvalue weighted by atomic mass is 10.1. The van der Waals surface area contributed by atoms with Gasteiger partial charge < -0.3 is 4.74 Å². The van der Waals surface area contributed by atoms with Crippen LogP contribution >= 0.6 is 15.9 Å². The molecule has 0 saturated carbocycles. The van der Waals surface area contributed by atoms with Gasteiger partial charge in [0, 0.05) is 17.9 Å². The Labute approximate surface area is 118 Å².